The smallest absolute Gasteiger partial charge is 0.337 e. The summed E-state index contributed by atoms with van der Waals surface area (Å²) >= 11 is 1.28. The molecule has 0 atom stereocenters. The second-order valence-corrected chi connectivity index (χ2v) is 9.48. The van der Waals surface area contributed by atoms with Gasteiger partial charge >= 0.3 is 5.97 Å². The van der Waals surface area contributed by atoms with E-state index < -0.39 is 15.8 Å². The molecule has 0 aliphatic heterocycles. The molecule has 1 amide bonds. The third kappa shape index (κ3) is 4.80. The highest BCUT2D eigenvalue weighted by atomic mass is 32.2. The van der Waals surface area contributed by atoms with Crippen LogP contribution in [-0.2, 0) is 26.4 Å². The van der Waals surface area contributed by atoms with Crippen LogP contribution in [-0.4, -0.2) is 37.7 Å². The average molecular weight is 433 g/mol. The van der Waals surface area contributed by atoms with E-state index >= 15 is 0 Å². The Bertz CT molecular complexity index is 1220. The van der Waals surface area contributed by atoms with Gasteiger partial charge in [0, 0.05) is 13.5 Å². The van der Waals surface area contributed by atoms with Crippen LogP contribution in [0.1, 0.15) is 23.2 Å². The molecular formula is C20H20N2O5S2. The molecule has 7 nitrogen and oxygen atoms in total. The Morgan fingerprint density at radius 3 is 2.55 bits per heavy atom. The molecule has 9 heteroatoms. The van der Waals surface area contributed by atoms with Crippen molar-refractivity contribution in [2.75, 3.05) is 12.9 Å². The molecule has 3 aromatic rings. The van der Waals surface area contributed by atoms with Crippen LogP contribution in [0, 0.1) is 0 Å². The van der Waals surface area contributed by atoms with Crippen molar-refractivity contribution in [1.29, 1.82) is 0 Å². The van der Waals surface area contributed by atoms with E-state index in [0.717, 1.165) is 10.2 Å². The number of esters is 1. The lowest BCUT2D eigenvalue weighted by Gasteiger charge is -2.02. The molecule has 0 spiro atoms. The SMILES string of the molecule is COC(=O)c1ccc2c(c1)sc(=NC(=O)CCCS(=O)(=O)c1ccccc1)n2C. The third-order valence-corrected chi connectivity index (χ3v) is 7.27. The van der Waals surface area contributed by atoms with Gasteiger partial charge < -0.3 is 9.30 Å². The minimum absolute atomic E-state index is 0.0354. The summed E-state index contributed by atoms with van der Waals surface area (Å²) in [5.74, 6) is -0.931. The van der Waals surface area contributed by atoms with Crippen LogP contribution in [0.15, 0.2) is 58.4 Å². The van der Waals surface area contributed by atoms with Crippen LogP contribution >= 0.6 is 11.3 Å². The number of carbonyl (C=O) groups excluding carboxylic acids is 2. The highest BCUT2D eigenvalue weighted by molar-refractivity contribution is 7.91. The van der Waals surface area contributed by atoms with Crippen LogP contribution in [0.5, 0.6) is 0 Å². The number of hydrogen-bond acceptors (Lipinski definition) is 6. The molecule has 29 heavy (non-hydrogen) atoms. The van der Waals surface area contributed by atoms with E-state index in [2.05, 4.69) is 4.99 Å². The van der Waals surface area contributed by atoms with E-state index in [1.807, 2.05) is 0 Å². The maximum absolute atomic E-state index is 12.3. The molecule has 0 aliphatic rings. The standard InChI is InChI=1S/C20H20N2O5S2/c1-22-16-11-10-14(19(24)27-2)13-17(16)28-20(22)21-18(23)9-6-12-29(25,26)15-7-4-3-5-8-15/h3-5,7-8,10-11,13H,6,9,12H2,1-2H3. The molecular weight excluding hydrogens is 412 g/mol. The second kappa shape index (κ2) is 8.71. The maximum Gasteiger partial charge on any atom is 0.337 e. The lowest BCUT2D eigenvalue weighted by molar-refractivity contribution is -0.118. The summed E-state index contributed by atoms with van der Waals surface area (Å²) in [6.45, 7) is 0. The van der Waals surface area contributed by atoms with Crippen LogP contribution in [0.25, 0.3) is 10.2 Å². The summed E-state index contributed by atoms with van der Waals surface area (Å²) in [7, 11) is -0.315. The maximum atomic E-state index is 12.3. The molecule has 0 radical (unpaired) electrons. The number of sulfone groups is 1. The van der Waals surface area contributed by atoms with E-state index in [1.54, 1.807) is 60.1 Å². The number of amides is 1. The monoisotopic (exact) mass is 432 g/mol. The van der Waals surface area contributed by atoms with Crippen molar-refractivity contribution in [3.63, 3.8) is 0 Å². The van der Waals surface area contributed by atoms with Crippen LogP contribution in [0.2, 0.25) is 0 Å². The van der Waals surface area contributed by atoms with Gasteiger partial charge in [-0.05, 0) is 36.8 Å². The van der Waals surface area contributed by atoms with Crippen LogP contribution < -0.4 is 4.80 Å². The van der Waals surface area contributed by atoms with Gasteiger partial charge in [0.05, 0.1) is 33.5 Å². The number of rotatable bonds is 6. The first kappa shape index (κ1) is 20.9. The van der Waals surface area contributed by atoms with E-state index in [0.29, 0.717) is 10.4 Å². The summed E-state index contributed by atoms with van der Waals surface area (Å²) in [4.78, 5) is 28.8. The van der Waals surface area contributed by atoms with Gasteiger partial charge in [0.25, 0.3) is 0 Å². The lowest BCUT2D eigenvalue weighted by atomic mass is 10.2. The topological polar surface area (TPSA) is 94.8 Å². The van der Waals surface area contributed by atoms with Crippen molar-refractivity contribution >= 4 is 43.3 Å². The quantitative estimate of drug-likeness (QED) is 0.558. The van der Waals surface area contributed by atoms with Crippen LogP contribution in [0.4, 0.5) is 0 Å². The van der Waals surface area contributed by atoms with Gasteiger partial charge in [-0.25, -0.2) is 13.2 Å². The number of nitrogens with zero attached hydrogens (tertiary/aromatic N) is 2. The number of aryl methyl sites for hydroxylation is 1. The summed E-state index contributed by atoms with van der Waals surface area (Å²) in [5.41, 5.74) is 1.26. The van der Waals surface area contributed by atoms with E-state index in [1.165, 1.54) is 18.4 Å². The van der Waals surface area contributed by atoms with Gasteiger partial charge in [-0.15, -0.1) is 0 Å². The molecule has 0 N–H and O–H groups in total. The number of hydrogen-bond donors (Lipinski definition) is 0. The largest absolute Gasteiger partial charge is 0.465 e. The van der Waals surface area contributed by atoms with Crippen LogP contribution in [0.3, 0.4) is 0 Å². The van der Waals surface area contributed by atoms with Crippen molar-refractivity contribution < 1.29 is 22.7 Å². The van der Waals surface area contributed by atoms with Gasteiger partial charge in [0.2, 0.25) is 5.91 Å². The Morgan fingerprint density at radius 1 is 1.14 bits per heavy atom. The molecule has 2 aromatic carbocycles. The van der Waals surface area contributed by atoms with Gasteiger partial charge in [0.1, 0.15) is 0 Å². The molecule has 0 bridgehead atoms. The number of fused-ring (bicyclic) bond motifs is 1. The Labute approximate surface area is 172 Å². The summed E-state index contributed by atoms with van der Waals surface area (Å²) in [6.07, 6.45) is 0.231. The molecule has 1 aromatic heterocycles. The van der Waals surface area contributed by atoms with Gasteiger partial charge in [-0.2, -0.15) is 4.99 Å². The first-order valence-corrected chi connectivity index (χ1v) is 11.3. The molecule has 1 heterocycles. The minimum atomic E-state index is -3.41. The fourth-order valence-corrected chi connectivity index (χ4v) is 5.21. The lowest BCUT2D eigenvalue weighted by Crippen LogP contribution is -2.14. The average Bonchev–Trinajstić information content (AvgIpc) is 3.02. The zero-order chi connectivity index (χ0) is 21.0. The Hall–Kier alpha value is -2.78. The van der Waals surface area contributed by atoms with Gasteiger partial charge in [-0.3, -0.25) is 4.79 Å². The van der Waals surface area contributed by atoms with Crippen molar-refractivity contribution in [2.24, 2.45) is 12.0 Å². The minimum Gasteiger partial charge on any atom is -0.465 e. The molecule has 152 valence electrons. The Morgan fingerprint density at radius 2 is 1.86 bits per heavy atom. The summed E-state index contributed by atoms with van der Waals surface area (Å²) in [6, 6.07) is 13.3. The van der Waals surface area contributed by atoms with E-state index in [9.17, 15) is 18.0 Å². The number of aromatic nitrogens is 1. The van der Waals surface area contributed by atoms with Crippen molar-refractivity contribution in [2.45, 2.75) is 17.7 Å². The first-order valence-electron chi connectivity index (χ1n) is 8.85. The zero-order valence-corrected chi connectivity index (χ0v) is 17.6. The summed E-state index contributed by atoms with van der Waals surface area (Å²) in [5, 5.41) is 0. The number of thiazole rings is 1. The predicted molar refractivity (Wildman–Crippen MR) is 110 cm³/mol. The number of methoxy groups -OCH3 is 1. The molecule has 0 saturated heterocycles. The van der Waals surface area contributed by atoms with Crippen molar-refractivity contribution in [3.05, 3.63) is 58.9 Å². The van der Waals surface area contributed by atoms with Crippen molar-refractivity contribution in [1.82, 2.24) is 4.57 Å². The fourth-order valence-electron chi connectivity index (χ4n) is 2.81. The molecule has 3 rings (SSSR count). The zero-order valence-electron chi connectivity index (χ0n) is 16.0. The fraction of sp³-hybridized carbons (Fsp3) is 0.250. The number of benzene rings is 2. The van der Waals surface area contributed by atoms with E-state index in [-0.39, 0.29) is 29.4 Å². The highest BCUT2D eigenvalue weighted by Gasteiger charge is 2.15. The highest BCUT2D eigenvalue weighted by Crippen LogP contribution is 2.19. The Kier molecular flexibility index (Phi) is 6.29. The normalized spacial score (nSPS) is 12.3. The summed E-state index contributed by atoms with van der Waals surface area (Å²) < 4.78 is 31.8. The van der Waals surface area contributed by atoms with Gasteiger partial charge in [0.15, 0.2) is 14.6 Å². The molecule has 0 fully saturated rings. The predicted octanol–water partition coefficient (Wildman–Crippen LogP) is 2.71. The molecule has 0 saturated carbocycles. The van der Waals surface area contributed by atoms with Gasteiger partial charge in [-0.1, -0.05) is 29.5 Å². The first-order chi connectivity index (χ1) is 13.8. The second-order valence-electron chi connectivity index (χ2n) is 6.36. The molecule has 0 aliphatic carbocycles. The van der Waals surface area contributed by atoms with E-state index in [4.69, 9.17) is 4.74 Å². The number of ether oxygens (including phenoxy) is 1. The molecule has 0 unspecified atom stereocenters. The third-order valence-electron chi connectivity index (χ3n) is 4.36. The number of carbonyl (C=O) groups is 2. The Balaban J connectivity index is 1.73. The van der Waals surface area contributed by atoms with Crippen molar-refractivity contribution in [3.8, 4) is 0 Å².